The molecule has 3 aromatic rings. The first kappa shape index (κ1) is 19.1. The van der Waals surface area contributed by atoms with Crippen LogP contribution in [-0.2, 0) is 6.54 Å². The molecule has 4 rings (SSSR count). The summed E-state index contributed by atoms with van der Waals surface area (Å²) in [7, 11) is 1.66. The number of nitrogens with zero attached hydrogens (tertiary/aromatic N) is 3. The van der Waals surface area contributed by atoms with Crippen LogP contribution in [0, 0.1) is 0 Å². The second-order valence-corrected chi connectivity index (χ2v) is 7.38. The van der Waals surface area contributed by atoms with Crippen LogP contribution in [0.3, 0.4) is 0 Å². The number of hydrogen-bond acceptors (Lipinski definition) is 4. The van der Waals surface area contributed by atoms with Crippen LogP contribution in [0.15, 0.2) is 67.0 Å². The maximum absolute atomic E-state index is 13.0. The van der Waals surface area contributed by atoms with E-state index in [9.17, 15) is 4.79 Å². The molecule has 1 amide bonds. The summed E-state index contributed by atoms with van der Waals surface area (Å²) in [6, 6.07) is 18.3. The number of methoxy groups -OCH3 is 1. The fourth-order valence-electron chi connectivity index (χ4n) is 3.72. The maximum atomic E-state index is 13.0. The molecule has 0 saturated carbocycles. The quantitative estimate of drug-likeness (QED) is 0.698. The molecular weight excluding hydrogens is 364 g/mol. The van der Waals surface area contributed by atoms with Crippen molar-refractivity contribution in [2.75, 3.05) is 25.5 Å². The number of piperidine rings is 1. The number of nitrogens with one attached hydrogen (secondary N) is 1. The van der Waals surface area contributed by atoms with Crippen LogP contribution in [0.5, 0.6) is 5.75 Å². The standard InChI is InChI=1S/C23H26N4O2/c1-29-22-11-9-20(10-12-22)25-21-8-5-13-26(17-21)23(28)19-14-24-27(16-19)15-18-6-3-2-4-7-18/h2-4,6-7,9-12,14,16,21,25H,5,8,13,15,17H2,1H3/t21-/m1/s1. The fraction of sp³-hybridized carbons (Fsp3) is 0.304. The lowest BCUT2D eigenvalue weighted by Gasteiger charge is -2.33. The maximum Gasteiger partial charge on any atom is 0.257 e. The highest BCUT2D eigenvalue weighted by Gasteiger charge is 2.25. The van der Waals surface area contributed by atoms with Crippen molar-refractivity contribution in [2.45, 2.75) is 25.4 Å². The van der Waals surface area contributed by atoms with Crippen LogP contribution < -0.4 is 10.1 Å². The number of hydrogen-bond donors (Lipinski definition) is 1. The number of anilines is 1. The SMILES string of the molecule is COc1ccc(N[C@@H]2CCCN(C(=O)c3cnn(Cc4ccccc4)c3)C2)cc1. The molecule has 1 aromatic heterocycles. The zero-order valence-corrected chi connectivity index (χ0v) is 16.6. The average molecular weight is 390 g/mol. The summed E-state index contributed by atoms with van der Waals surface area (Å²) >= 11 is 0. The Morgan fingerprint density at radius 3 is 2.72 bits per heavy atom. The number of carbonyl (C=O) groups excluding carboxylic acids is 1. The molecule has 1 saturated heterocycles. The van der Waals surface area contributed by atoms with E-state index in [-0.39, 0.29) is 11.9 Å². The molecule has 0 unspecified atom stereocenters. The predicted molar refractivity (Wildman–Crippen MR) is 113 cm³/mol. The van der Waals surface area contributed by atoms with Gasteiger partial charge >= 0.3 is 0 Å². The highest BCUT2D eigenvalue weighted by Crippen LogP contribution is 2.20. The highest BCUT2D eigenvalue weighted by atomic mass is 16.5. The lowest BCUT2D eigenvalue weighted by Crippen LogP contribution is -2.45. The van der Waals surface area contributed by atoms with Gasteiger partial charge in [0.15, 0.2) is 0 Å². The third kappa shape index (κ3) is 4.77. The Balaban J connectivity index is 1.37. The second kappa shape index (κ2) is 8.82. The van der Waals surface area contributed by atoms with Crippen molar-refractivity contribution < 1.29 is 9.53 Å². The Kier molecular flexibility index (Phi) is 5.79. The van der Waals surface area contributed by atoms with Crippen molar-refractivity contribution in [1.29, 1.82) is 0 Å². The van der Waals surface area contributed by atoms with Crippen molar-refractivity contribution >= 4 is 11.6 Å². The topological polar surface area (TPSA) is 59.4 Å². The van der Waals surface area contributed by atoms with Gasteiger partial charge in [0, 0.05) is 31.0 Å². The van der Waals surface area contributed by atoms with E-state index in [1.54, 1.807) is 13.3 Å². The van der Waals surface area contributed by atoms with Gasteiger partial charge in [-0.2, -0.15) is 5.10 Å². The van der Waals surface area contributed by atoms with Gasteiger partial charge in [-0.1, -0.05) is 30.3 Å². The Hall–Kier alpha value is -3.28. The first-order chi connectivity index (χ1) is 14.2. The summed E-state index contributed by atoms with van der Waals surface area (Å²) in [5.74, 6) is 0.883. The van der Waals surface area contributed by atoms with Gasteiger partial charge in [-0.05, 0) is 42.7 Å². The number of carbonyl (C=O) groups is 1. The van der Waals surface area contributed by atoms with E-state index < -0.39 is 0 Å². The van der Waals surface area contributed by atoms with E-state index in [1.807, 2.05) is 58.2 Å². The number of benzene rings is 2. The van der Waals surface area contributed by atoms with Gasteiger partial charge in [-0.3, -0.25) is 9.48 Å². The largest absolute Gasteiger partial charge is 0.497 e. The molecule has 1 aliphatic heterocycles. The smallest absolute Gasteiger partial charge is 0.257 e. The highest BCUT2D eigenvalue weighted by molar-refractivity contribution is 5.93. The van der Waals surface area contributed by atoms with E-state index in [0.717, 1.165) is 36.4 Å². The molecule has 0 aliphatic carbocycles. The van der Waals surface area contributed by atoms with E-state index >= 15 is 0 Å². The molecule has 1 fully saturated rings. The number of aromatic nitrogens is 2. The first-order valence-electron chi connectivity index (χ1n) is 9.97. The molecule has 1 aliphatic rings. The van der Waals surface area contributed by atoms with Gasteiger partial charge in [-0.25, -0.2) is 0 Å². The molecular formula is C23H26N4O2. The predicted octanol–water partition coefficient (Wildman–Crippen LogP) is 3.66. The fourth-order valence-corrected chi connectivity index (χ4v) is 3.72. The molecule has 0 radical (unpaired) electrons. The summed E-state index contributed by atoms with van der Waals surface area (Å²) in [4.78, 5) is 14.9. The molecule has 0 bridgehead atoms. The molecule has 1 N–H and O–H groups in total. The molecule has 0 spiro atoms. The monoisotopic (exact) mass is 390 g/mol. The zero-order valence-electron chi connectivity index (χ0n) is 16.6. The zero-order chi connectivity index (χ0) is 20.1. The van der Waals surface area contributed by atoms with E-state index in [0.29, 0.717) is 18.7 Å². The molecule has 2 aromatic carbocycles. The van der Waals surface area contributed by atoms with Gasteiger partial charge in [0.2, 0.25) is 0 Å². The first-order valence-corrected chi connectivity index (χ1v) is 9.97. The molecule has 29 heavy (non-hydrogen) atoms. The van der Waals surface area contributed by atoms with Crippen molar-refractivity contribution in [3.05, 3.63) is 78.1 Å². The summed E-state index contributed by atoms with van der Waals surface area (Å²) in [6.45, 7) is 2.13. The number of ether oxygens (including phenoxy) is 1. The minimum Gasteiger partial charge on any atom is -0.497 e. The molecule has 150 valence electrons. The Bertz CT molecular complexity index is 937. The molecule has 1 atom stereocenters. The number of likely N-dealkylation sites (tertiary alicyclic amines) is 1. The summed E-state index contributed by atoms with van der Waals surface area (Å²) in [6.07, 6.45) is 5.54. The van der Waals surface area contributed by atoms with E-state index in [1.165, 1.54) is 0 Å². The molecule has 6 heteroatoms. The number of rotatable bonds is 6. The Labute approximate surface area is 171 Å². The minimum atomic E-state index is 0.0468. The van der Waals surface area contributed by atoms with Gasteiger partial charge < -0.3 is 15.0 Å². The lowest BCUT2D eigenvalue weighted by molar-refractivity contribution is 0.0714. The number of amides is 1. The van der Waals surface area contributed by atoms with Crippen LogP contribution in [-0.4, -0.2) is 46.8 Å². The van der Waals surface area contributed by atoms with E-state index in [2.05, 4.69) is 22.5 Å². The third-order valence-electron chi connectivity index (χ3n) is 5.24. The van der Waals surface area contributed by atoms with Crippen molar-refractivity contribution in [3.63, 3.8) is 0 Å². The van der Waals surface area contributed by atoms with Crippen molar-refractivity contribution in [1.82, 2.24) is 14.7 Å². The summed E-state index contributed by atoms with van der Waals surface area (Å²) < 4.78 is 7.03. The van der Waals surface area contributed by atoms with Gasteiger partial charge in [0.1, 0.15) is 5.75 Å². The van der Waals surface area contributed by atoms with Crippen molar-refractivity contribution in [3.8, 4) is 5.75 Å². The van der Waals surface area contributed by atoms with Crippen molar-refractivity contribution in [2.24, 2.45) is 0 Å². The Morgan fingerprint density at radius 2 is 1.97 bits per heavy atom. The minimum absolute atomic E-state index is 0.0468. The van der Waals surface area contributed by atoms with Crippen LogP contribution in [0.2, 0.25) is 0 Å². The van der Waals surface area contributed by atoms with Crippen LogP contribution in [0.1, 0.15) is 28.8 Å². The molecule has 2 heterocycles. The van der Waals surface area contributed by atoms with Crippen LogP contribution in [0.4, 0.5) is 5.69 Å². The van der Waals surface area contributed by atoms with Crippen LogP contribution >= 0.6 is 0 Å². The van der Waals surface area contributed by atoms with E-state index in [4.69, 9.17) is 4.74 Å². The van der Waals surface area contributed by atoms with Gasteiger partial charge in [-0.15, -0.1) is 0 Å². The van der Waals surface area contributed by atoms with Gasteiger partial charge in [0.05, 0.1) is 25.4 Å². The second-order valence-electron chi connectivity index (χ2n) is 7.38. The molecule has 6 nitrogen and oxygen atoms in total. The average Bonchev–Trinajstić information content (AvgIpc) is 3.23. The summed E-state index contributed by atoms with van der Waals surface area (Å²) in [5, 5.41) is 7.91. The summed E-state index contributed by atoms with van der Waals surface area (Å²) in [5.41, 5.74) is 2.85. The third-order valence-corrected chi connectivity index (χ3v) is 5.24. The normalized spacial score (nSPS) is 16.4. The Morgan fingerprint density at radius 1 is 1.17 bits per heavy atom. The lowest BCUT2D eigenvalue weighted by atomic mass is 10.0. The van der Waals surface area contributed by atoms with Crippen LogP contribution in [0.25, 0.3) is 0 Å². The van der Waals surface area contributed by atoms with Gasteiger partial charge in [0.25, 0.3) is 5.91 Å².